The van der Waals surface area contributed by atoms with Gasteiger partial charge in [-0.05, 0) is 86.3 Å². The van der Waals surface area contributed by atoms with E-state index in [1.54, 1.807) is 18.2 Å². The number of hydrogen-bond acceptors (Lipinski definition) is 7. The summed E-state index contributed by atoms with van der Waals surface area (Å²) in [5, 5.41) is 0.212. The number of rotatable bonds is 10. The normalized spacial score (nSPS) is 10.9. The van der Waals surface area contributed by atoms with Gasteiger partial charge in [0.25, 0.3) is 0 Å². The van der Waals surface area contributed by atoms with Crippen LogP contribution in [0.2, 0.25) is 0 Å². The number of fused-ring (bicyclic) bond motifs is 1. The highest BCUT2D eigenvalue weighted by Gasteiger charge is 2.10. The van der Waals surface area contributed by atoms with Crippen LogP contribution in [0.3, 0.4) is 0 Å². The number of nitrogen functional groups attached to an aromatic ring is 2. The molecule has 0 atom stereocenters. The first-order valence-electron chi connectivity index (χ1n) is 11.7. The fraction of sp³-hybridized carbons (Fsp3) is 0.214. The lowest BCUT2D eigenvalue weighted by atomic mass is 10.1. The van der Waals surface area contributed by atoms with Gasteiger partial charge < -0.3 is 25.4 Å². The molecule has 0 aliphatic carbocycles. The molecule has 0 aliphatic heterocycles. The first kappa shape index (κ1) is 24.8. The van der Waals surface area contributed by atoms with Crippen LogP contribution in [0.5, 0.6) is 5.75 Å². The minimum atomic E-state index is -0.479. The highest BCUT2D eigenvalue weighted by Crippen LogP contribution is 2.25. The SMILES string of the molecule is Nc1cc(N)cc(C(=O)OCCCCCCOc2ccc(-c3cc(=O)c4cc(F)ccc4o3)cc2)c1. The second kappa shape index (κ2) is 11.4. The maximum atomic E-state index is 13.4. The molecule has 4 rings (SSSR count). The minimum absolute atomic E-state index is 0.212. The van der Waals surface area contributed by atoms with Crippen LogP contribution in [0.25, 0.3) is 22.3 Å². The van der Waals surface area contributed by atoms with Crippen molar-refractivity contribution in [2.75, 3.05) is 24.7 Å². The van der Waals surface area contributed by atoms with Gasteiger partial charge in [-0.2, -0.15) is 0 Å². The summed E-state index contributed by atoms with van der Waals surface area (Å²) in [6.45, 7) is 0.883. The van der Waals surface area contributed by atoms with E-state index in [0.717, 1.165) is 31.2 Å². The molecule has 1 heterocycles. The third kappa shape index (κ3) is 6.41. The number of ether oxygens (including phenoxy) is 2. The molecule has 1 aromatic heterocycles. The maximum Gasteiger partial charge on any atom is 0.338 e. The molecule has 0 saturated carbocycles. The average Bonchev–Trinajstić information content (AvgIpc) is 2.85. The van der Waals surface area contributed by atoms with Gasteiger partial charge in [-0.25, -0.2) is 9.18 Å². The van der Waals surface area contributed by atoms with Crippen molar-refractivity contribution < 1.29 is 23.1 Å². The van der Waals surface area contributed by atoms with Crippen LogP contribution in [-0.2, 0) is 4.74 Å². The van der Waals surface area contributed by atoms with Gasteiger partial charge in [-0.3, -0.25) is 4.79 Å². The van der Waals surface area contributed by atoms with Crippen molar-refractivity contribution >= 4 is 28.3 Å². The molecule has 4 N–H and O–H groups in total. The van der Waals surface area contributed by atoms with E-state index in [4.69, 9.17) is 25.4 Å². The maximum absolute atomic E-state index is 13.4. The predicted molar refractivity (Wildman–Crippen MR) is 137 cm³/mol. The van der Waals surface area contributed by atoms with Crippen LogP contribution in [0.4, 0.5) is 15.8 Å². The molecule has 36 heavy (non-hydrogen) atoms. The van der Waals surface area contributed by atoms with E-state index in [2.05, 4.69) is 0 Å². The van der Waals surface area contributed by atoms with Gasteiger partial charge in [0.1, 0.15) is 22.9 Å². The van der Waals surface area contributed by atoms with Gasteiger partial charge in [-0.15, -0.1) is 0 Å². The molecule has 8 heteroatoms. The standard InChI is InChI=1S/C28H27FN2O5/c29-20-7-10-26-24(15-20)25(32)17-27(36-26)18-5-8-23(9-6-18)34-11-3-1-2-4-12-35-28(33)19-13-21(30)16-22(31)14-19/h5-10,13-17H,1-4,11-12,30-31H2. The second-order valence-electron chi connectivity index (χ2n) is 8.43. The fourth-order valence-electron chi connectivity index (χ4n) is 3.78. The molecule has 3 aromatic carbocycles. The summed E-state index contributed by atoms with van der Waals surface area (Å²) >= 11 is 0. The van der Waals surface area contributed by atoms with Gasteiger partial charge >= 0.3 is 5.97 Å². The summed E-state index contributed by atoms with van der Waals surface area (Å²) in [6.07, 6.45) is 3.45. The molecule has 0 aliphatic rings. The van der Waals surface area contributed by atoms with E-state index in [-0.39, 0.29) is 10.8 Å². The Kier molecular flexibility index (Phi) is 7.85. The summed E-state index contributed by atoms with van der Waals surface area (Å²) in [6, 6.07) is 17.2. The lowest BCUT2D eigenvalue weighted by Crippen LogP contribution is -2.08. The summed E-state index contributed by atoms with van der Waals surface area (Å²) in [7, 11) is 0. The number of halogens is 1. The van der Waals surface area contributed by atoms with Crippen LogP contribution in [0, 0.1) is 5.82 Å². The molecule has 4 aromatic rings. The molecule has 0 radical (unpaired) electrons. The van der Waals surface area contributed by atoms with E-state index < -0.39 is 11.8 Å². The Hall–Kier alpha value is -4.33. The van der Waals surface area contributed by atoms with Crippen molar-refractivity contribution in [3.8, 4) is 17.1 Å². The van der Waals surface area contributed by atoms with Crippen LogP contribution < -0.4 is 21.6 Å². The third-order valence-electron chi connectivity index (χ3n) is 5.58. The first-order chi connectivity index (χ1) is 17.4. The van der Waals surface area contributed by atoms with Crippen molar-refractivity contribution in [2.24, 2.45) is 0 Å². The third-order valence-corrected chi connectivity index (χ3v) is 5.58. The highest BCUT2D eigenvalue weighted by atomic mass is 19.1. The average molecular weight is 491 g/mol. The zero-order chi connectivity index (χ0) is 25.5. The largest absolute Gasteiger partial charge is 0.494 e. The Morgan fingerprint density at radius 2 is 1.53 bits per heavy atom. The number of carbonyl (C=O) groups excluding carboxylic acids is 1. The Morgan fingerprint density at radius 3 is 2.25 bits per heavy atom. The fourth-order valence-corrected chi connectivity index (χ4v) is 3.78. The lowest BCUT2D eigenvalue weighted by molar-refractivity contribution is 0.0497. The second-order valence-corrected chi connectivity index (χ2v) is 8.43. The van der Waals surface area contributed by atoms with E-state index in [0.29, 0.717) is 47.2 Å². The van der Waals surface area contributed by atoms with Gasteiger partial charge in [0.05, 0.1) is 24.2 Å². The van der Waals surface area contributed by atoms with Crippen LogP contribution in [0.1, 0.15) is 36.0 Å². The smallest absolute Gasteiger partial charge is 0.338 e. The van der Waals surface area contributed by atoms with Crippen LogP contribution in [0.15, 0.2) is 75.9 Å². The zero-order valence-corrected chi connectivity index (χ0v) is 19.7. The van der Waals surface area contributed by atoms with Crippen molar-refractivity contribution in [2.45, 2.75) is 25.7 Å². The van der Waals surface area contributed by atoms with Crippen molar-refractivity contribution in [1.82, 2.24) is 0 Å². The van der Waals surface area contributed by atoms with Crippen molar-refractivity contribution in [1.29, 1.82) is 0 Å². The lowest BCUT2D eigenvalue weighted by Gasteiger charge is -2.08. The summed E-state index contributed by atoms with van der Waals surface area (Å²) in [5.74, 6) is 0.204. The van der Waals surface area contributed by atoms with Crippen LogP contribution >= 0.6 is 0 Å². The zero-order valence-electron chi connectivity index (χ0n) is 19.7. The number of benzene rings is 3. The monoisotopic (exact) mass is 490 g/mol. The number of carbonyl (C=O) groups is 1. The molecule has 0 amide bonds. The predicted octanol–water partition coefficient (Wildman–Crippen LogP) is 5.56. The number of nitrogens with two attached hydrogens (primary N) is 2. The topological polar surface area (TPSA) is 118 Å². The molecule has 0 unspecified atom stereocenters. The van der Waals surface area contributed by atoms with E-state index in [9.17, 15) is 14.0 Å². The summed E-state index contributed by atoms with van der Waals surface area (Å²) in [4.78, 5) is 24.4. The summed E-state index contributed by atoms with van der Waals surface area (Å²) < 4.78 is 30.2. The van der Waals surface area contributed by atoms with E-state index in [1.165, 1.54) is 24.3 Å². The number of anilines is 2. The number of hydrogen-bond donors (Lipinski definition) is 2. The molecular weight excluding hydrogens is 463 g/mol. The van der Waals surface area contributed by atoms with Crippen LogP contribution in [-0.4, -0.2) is 19.2 Å². The Balaban J connectivity index is 1.17. The van der Waals surface area contributed by atoms with E-state index in [1.807, 2.05) is 24.3 Å². The molecule has 186 valence electrons. The van der Waals surface area contributed by atoms with Crippen molar-refractivity contribution in [3.05, 3.63) is 88.3 Å². The number of unbranched alkanes of at least 4 members (excludes halogenated alkanes) is 3. The Morgan fingerprint density at radius 1 is 0.833 bits per heavy atom. The molecular formula is C28H27FN2O5. The Bertz CT molecular complexity index is 1400. The van der Waals surface area contributed by atoms with Gasteiger partial charge in [0.15, 0.2) is 5.43 Å². The Labute approximate surface area is 207 Å². The van der Waals surface area contributed by atoms with Gasteiger partial charge in [-0.1, -0.05) is 0 Å². The first-order valence-corrected chi connectivity index (χ1v) is 11.7. The van der Waals surface area contributed by atoms with E-state index >= 15 is 0 Å². The molecule has 0 fully saturated rings. The summed E-state index contributed by atoms with van der Waals surface area (Å²) in [5.41, 5.74) is 13.4. The van der Waals surface area contributed by atoms with Gasteiger partial charge in [0.2, 0.25) is 0 Å². The molecule has 7 nitrogen and oxygen atoms in total. The van der Waals surface area contributed by atoms with Gasteiger partial charge in [0, 0.05) is 23.0 Å². The molecule has 0 saturated heterocycles. The van der Waals surface area contributed by atoms with Crippen molar-refractivity contribution in [3.63, 3.8) is 0 Å². The number of esters is 1. The molecule has 0 bridgehead atoms. The minimum Gasteiger partial charge on any atom is -0.494 e. The molecule has 0 spiro atoms. The highest BCUT2D eigenvalue weighted by molar-refractivity contribution is 5.91. The quantitative estimate of drug-likeness (QED) is 0.170.